The Morgan fingerprint density at radius 3 is 1.70 bits per heavy atom. The lowest BCUT2D eigenvalue weighted by molar-refractivity contribution is -0.157. The van der Waals surface area contributed by atoms with Gasteiger partial charge in [0.15, 0.2) is 5.41 Å². The molecule has 4 nitrogen and oxygen atoms in total. The topological polar surface area (TPSA) is 74.6 Å². The molecule has 1 fully saturated rings. The minimum Gasteiger partial charge on any atom is -0.480 e. The summed E-state index contributed by atoms with van der Waals surface area (Å²) in [5, 5.41) is 16.9. The first-order valence-corrected chi connectivity index (χ1v) is 2.98. The zero-order valence-corrected chi connectivity index (χ0v) is 5.50. The Balaban J connectivity index is 2.83. The van der Waals surface area contributed by atoms with E-state index in [-0.39, 0.29) is 12.3 Å². The van der Waals surface area contributed by atoms with Gasteiger partial charge in [-0.1, -0.05) is 6.92 Å². The molecule has 4 heteroatoms. The molecule has 0 aromatic carbocycles. The number of hydrogen-bond acceptors (Lipinski definition) is 2. The molecule has 0 saturated heterocycles. The molecule has 10 heavy (non-hydrogen) atoms. The fourth-order valence-corrected chi connectivity index (χ4v) is 1.11. The lowest BCUT2D eigenvalue weighted by Gasteiger charge is -2.01. The molecule has 0 spiro atoms. The first-order chi connectivity index (χ1) is 4.51. The summed E-state index contributed by atoms with van der Waals surface area (Å²) < 4.78 is 0. The van der Waals surface area contributed by atoms with Gasteiger partial charge < -0.3 is 10.2 Å². The highest BCUT2D eigenvalue weighted by atomic mass is 16.4. The van der Waals surface area contributed by atoms with Crippen molar-refractivity contribution in [1.29, 1.82) is 0 Å². The number of rotatable bonds is 2. The van der Waals surface area contributed by atoms with Crippen LogP contribution in [0.2, 0.25) is 0 Å². The summed E-state index contributed by atoms with van der Waals surface area (Å²) in [6.45, 7) is 1.63. The number of aliphatic carboxylic acids is 2. The average molecular weight is 144 g/mol. The summed E-state index contributed by atoms with van der Waals surface area (Å²) >= 11 is 0. The Hall–Kier alpha value is -1.06. The van der Waals surface area contributed by atoms with Crippen LogP contribution in [0.3, 0.4) is 0 Å². The second-order valence-corrected chi connectivity index (χ2v) is 2.69. The molecule has 56 valence electrons. The Labute approximate surface area is 57.5 Å². The second kappa shape index (κ2) is 1.71. The van der Waals surface area contributed by atoms with E-state index in [4.69, 9.17) is 10.2 Å². The van der Waals surface area contributed by atoms with Gasteiger partial charge in [-0.05, 0) is 12.3 Å². The van der Waals surface area contributed by atoms with Crippen LogP contribution in [-0.4, -0.2) is 22.2 Å². The third-order valence-electron chi connectivity index (χ3n) is 2.07. The van der Waals surface area contributed by atoms with Crippen molar-refractivity contribution in [3.8, 4) is 0 Å². The zero-order chi connectivity index (χ0) is 7.94. The van der Waals surface area contributed by atoms with Crippen LogP contribution in [0.15, 0.2) is 0 Å². The molecule has 0 aromatic heterocycles. The molecule has 0 aliphatic heterocycles. The van der Waals surface area contributed by atoms with E-state index in [1.807, 2.05) is 0 Å². The Morgan fingerprint density at radius 2 is 1.70 bits per heavy atom. The SMILES string of the molecule is C[C@H]1CC1(C(=O)O)C(=O)O. The van der Waals surface area contributed by atoms with Gasteiger partial charge >= 0.3 is 11.9 Å². The predicted molar refractivity (Wildman–Crippen MR) is 31.5 cm³/mol. The van der Waals surface area contributed by atoms with Crippen LogP contribution in [-0.2, 0) is 9.59 Å². The fourth-order valence-electron chi connectivity index (χ4n) is 1.11. The highest BCUT2D eigenvalue weighted by Crippen LogP contribution is 2.52. The molecular weight excluding hydrogens is 136 g/mol. The van der Waals surface area contributed by atoms with E-state index in [1.54, 1.807) is 6.92 Å². The van der Waals surface area contributed by atoms with Gasteiger partial charge in [0.2, 0.25) is 0 Å². The molecule has 0 radical (unpaired) electrons. The second-order valence-electron chi connectivity index (χ2n) is 2.69. The molecule has 0 heterocycles. The van der Waals surface area contributed by atoms with Crippen molar-refractivity contribution in [3.05, 3.63) is 0 Å². The van der Waals surface area contributed by atoms with Crippen LogP contribution in [0.5, 0.6) is 0 Å². The molecule has 1 atom stereocenters. The molecular formula is C6H8O4. The summed E-state index contributed by atoms with van der Waals surface area (Å²) in [6.07, 6.45) is 0.262. The van der Waals surface area contributed by atoms with Crippen molar-refractivity contribution in [2.75, 3.05) is 0 Å². The van der Waals surface area contributed by atoms with E-state index in [1.165, 1.54) is 0 Å². The normalized spacial score (nSPS) is 27.5. The van der Waals surface area contributed by atoms with E-state index < -0.39 is 17.4 Å². The third kappa shape index (κ3) is 0.616. The maximum atomic E-state index is 10.4. The van der Waals surface area contributed by atoms with E-state index >= 15 is 0 Å². The minimum absolute atomic E-state index is 0.220. The summed E-state index contributed by atoms with van der Waals surface area (Å²) in [6, 6.07) is 0. The van der Waals surface area contributed by atoms with E-state index in [9.17, 15) is 9.59 Å². The van der Waals surface area contributed by atoms with Crippen LogP contribution in [0.4, 0.5) is 0 Å². The van der Waals surface area contributed by atoms with Crippen LogP contribution < -0.4 is 0 Å². The number of carboxylic acid groups (broad SMARTS) is 2. The van der Waals surface area contributed by atoms with Gasteiger partial charge in [0.25, 0.3) is 0 Å². The molecule has 0 unspecified atom stereocenters. The zero-order valence-electron chi connectivity index (χ0n) is 5.50. The van der Waals surface area contributed by atoms with Crippen LogP contribution in [0.25, 0.3) is 0 Å². The maximum absolute atomic E-state index is 10.4. The monoisotopic (exact) mass is 144 g/mol. The Bertz CT molecular complexity index is 182. The highest BCUT2D eigenvalue weighted by molar-refractivity contribution is 6.01. The summed E-state index contributed by atoms with van der Waals surface area (Å²) in [5.41, 5.74) is -1.46. The molecule has 0 aromatic rings. The van der Waals surface area contributed by atoms with Crippen molar-refractivity contribution in [2.45, 2.75) is 13.3 Å². The highest BCUT2D eigenvalue weighted by Gasteiger charge is 2.64. The molecule has 1 aliphatic rings. The Morgan fingerprint density at radius 1 is 1.40 bits per heavy atom. The third-order valence-corrected chi connectivity index (χ3v) is 2.07. The largest absolute Gasteiger partial charge is 0.480 e. The minimum atomic E-state index is -1.46. The van der Waals surface area contributed by atoms with E-state index in [0.29, 0.717) is 0 Å². The predicted octanol–water partition coefficient (Wildman–Crippen LogP) is 0.182. The Kier molecular flexibility index (Phi) is 1.21. The van der Waals surface area contributed by atoms with Gasteiger partial charge in [-0.25, -0.2) is 0 Å². The molecule has 1 aliphatic carbocycles. The smallest absolute Gasteiger partial charge is 0.321 e. The van der Waals surface area contributed by atoms with Crippen molar-refractivity contribution in [1.82, 2.24) is 0 Å². The summed E-state index contributed by atoms with van der Waals surface area (Å²) in [4.78, 5) is 20.7. The van der Waals surface area contributed by atoms with Crippen LogP contribution in [0, 0.1) is 11.3 Å². The number of hydrogen-bond donors (Lipinski definition) is 2. The van der Waals surface area contributed by atoms with Gasteiger partial charge in [-0.2, -0.15) is 0 Å². The number of carbonyl (C=O) groups is 2. The lowest BCUT2D eigenvalue weighted by Crippen LogP contribution is -2.26. The van der Waals surface area contributed by atoms with Crippen molar-refractivity contribution < 1.29 is 19.8 Å². The van der Waals surface area contributed by atoms with Gasteiger partial charge in [0.1, 0.15) is 0 Å². The quantitative estimate of drug-likeness (QED) is 0.542. The van der Waals surface area contributed by atoms with Crippen molar-refractivity contribution in [3.63, 3.8) is 0 Å². The van der Waals surface area contributed by atoms with E-state index in [0.717, 1.165) is 0 Å². The average Bonchev–Trinajstić information content (AvgIpc) is 2.42. The van der Waals surface area contributed by atoms with Gasteiger partial charge in [-0.15, -0.1) is 0 Å². The number of carboxylic acids is 2. The molecule has 2 N–H and O–H groups in total. The molecule has 0 bridgehead atoms. The van der Waals surface area contributed by atoms with Crippen molar-refractivity contribution >= 4 is 11.9 Å². The van der Waals surface area contributed by atoms with Gasteiger partial charge in [-0.3, -0.25) is 9.59 Å². The standard InChI is InChI=1S/C6H8O4/c1-3-2-6(3,4(7)8)5(9)10/h3H,2H2,1H3,(H,7,8)(H,9,10)/t3-/m0/s1. The van der Waals surface area contributed by atoms with Crippen LogP contribution >= 0.6 is 0 Å². The van der Waals surface area contributed by atoms with Gasteiger partial charge in [0, 0.05) is 0 Å². The fraction of sp³-hybridized carbons (Fsp3) is 0.667. The van der Waals surface area contributed by atoms with Crippen LogP contribution in [0.1, 0.15) is 13.3 Å². The molecule has 0 amide bonds. The van der Waals surface area contributed by atoms with Crippen molar-refractivity contribution in [2.24, 2.45) is 11.3 Å². The first-order valence-electron chi connectivity index (χ1n) is 2.98. The molecule has 1 rings (SSSR count). The van der Waals surface area contributed by atoms with E-state index in [2.05, 4.69) is 0 Å². The van der Waals surface area contributed by atoms with Gasteiger partial charge in [0.05, 0.1) is 0 Å². The molecule has 1 saturated carbocycles. The first kappa shape index (κ1) is 7.05. The maximum Gasteiger partial charge on any atom is 0.321 e. The summed E-state index contributed by atoms with van der Waals surface area (Å²) in [7, 11) is 0. The summed E-state index contributed by atoms with van der Waals surface area (Å²) in [5.74, 6) is -2.65. The lowest BCUT2D eigenvalue weighted by atomic mass is 10.1.